The van der Waals surface area contributed by atoms with Crippen molar-refractivity contribution in [1.29, 1.82) is 0 Å². The van der Waals surface area contributed by atoms with E-state index in [1.165, 1.54) is 11.4 Å². The van der Waals surface area contributed by atoms with Crippen LogP contribution in [-0.4, -0.2) is 54.8 Å². The summed E-state index contributed by atoms with van der Waals surface area (Å²) in [4.78, 5) is 10.5. The molecule has 0 aliphatic carbocycles. The first-order valence-electron chi connectivity index (χ1n) is 6.31. The van der Waals surface area contributed by atoms with E-state index in [9.17, 15) is 13.2 Å². The van der Waals surface area contributed by atoms with Crippen molar-refractivity contribution in [3.8, 4) is 0 Å². The molecule has 0 radical (unpaired) electrons. The summed E-state index contributed by atoms with van der Waals surface area (Å²) >= 11 is 0. The quantitative estimate of drug-likeness (QED) is 0.778. The fourth-order valence-corrected chi connectivity index (χ4v) is 3.61. The molecule has 1 fully saturated rings. The minimum absolute atomic E-state index is 0.0188. The van der Waals surface area contributed by atoms with Gasteiger partial charge in [-0.2, -0.15) is 17.0 Å². The lowest BCUT2D eigenvalue weighted by atomic mass is 9.97. The molecule has 1 rings (SSSR count). The van der Waals surface area contributed by atoms with Crippen molar-refractivity contribution in [2.75, 3.05) is 26.7 Å². The van der Waals surface area contributed by atoms with Crippen molar-refractivity contribution in [2.45, 2.75) is 32.6 Å². The van der Waals surface area contributed by atoms with Gasteiger partial charge in [0, 0.05) is 26.7 Å². The lowest BCUT2D eigenvalue weighted by Gasteiger charge is -2.33. The third-order valence-electron chi connectivity index (χ3n) is 3.42. The Balaban J connectivity index is 2.64. The molecule has 6 nitrogen and oxygen atoms in total. The number of piperidine rings is 1. The summed E-state index contributed by atoms with van der Waals surface area (Å²) < 4.78 is 27.1. The number of carbonyl (C=O) groups is 1. The zero-order valence-corrected chi connectivity index (χ0v) is 11.8. The minimum atomic E-state index is -3.50. The van der Waals surface area contributed by atoms with Gasteiger partial charge in [-0.05, 0) is 18.8 Å². The van der Waals surface area contributed by atoms with Crippen LogP contribution < -0.4 is 0 Å². The molecule has 18 heavy (non-hydrogen) atoms. The van der Waals surface area contributed by atoms with Crippen molar-refractivity contribution < 1.29 is 18.3 Å². The van der Waals surface area contributed by atoms with Crippen LogP contribution in [0.4, 0.5) is 0 Å². The molecule has 0 aromatic carbocycles. The van der Waals surface area contributed by atoms with Gasteiger partial charge in [0.05, 0.1) is 6.42 Å². The predicted molar refractivity (Wildman–Crippen MR) is 68.4 cm³/mol. The van der Waals surface area contributed by atoms with Crippen LogP contribution in [0.15, 0.2) is 0 Å². The standard InChI is InChI=1S/C11H22N2O4S/c1-3-10-5-4-7-13(9-10)18(16,17)12(2)8-6-11(14)15/h10H,3-9H2,1-2H3,(H,14,15). The van der Waals surface area contributed by atoms with Crippen molar-refractivity contribution in [2.24, 2.45) is 5.92 Å². The molecule has 0 amide bonds. The van der Waals surface area contributed by atoms with E-state index in [4.69, 9.17) is 5.11 Å². The van der Waals surface area contributed by atoms with E-state index >= 15 is 0 Å². The van der Waals surface area contributed by atoms with E-state index in [0.717, 1.165) is 23.6 Å². The van der Waals surface area contributed by atoms with E-state index in [-0.39, 0.29) is 13.0 Å². The number of carboxylic acids is 1. The Bertz CT molecular complexity index is 383. The Morgan fingerprint density at radius 3 is 2.72 bits per heavy atom. The number of nitrogens with zero attached hydrogens (tertiary/aromatic N) is 2. The second-order valence-electron chi connectivity index (χ2n) is 4.75. The molecule has 1 aliphatic heterocycles. The van der Waals surface area contributed by atoms with Crippen LogP contribution in [0.5, 0.6) is 0 Å². The molecule has 0 bridgehead atoms. The van der Waals surface area contributed by atoms with Crippen LogP contribution in [0.3, 0.4) is 0 Å². The van der Waals surface area contributed by atoms with E-state index in [0.29, 0.717) is 19.0 Å². The number of carboxylic acid groups (broad SMARTS) is 1. The normalized spacial score (nSPS) is 22.3. The monoisotopic (exact) mass is 278 g/mol. The largest absolute Gasteiger partial charge is 0.481 e. The minimum Gasteiger partial charge on any atom is -0.481 e. The van der Waals surface area contributed by atoms with Crippen LogP contribution in [0.2, 0.25) is 0 Å². The summed E-state index contributed by atoms with van der Waals surface area (Å²) in [5.41, 5.74) is 0. The van der Waals surface area contributed by atoms with Crippen LogP contribution in [-0.2, 0) is 15.0 Å². The number of hydrogen-bond donors (Lipinski definition) is 1. The zero-order valence-electron chi connectivity index (χ0n) is 11.0. The number of aliphatic carboxylic acids is 1. The van der Waals surface area contributed by atoms with Crippen LogP contribution in [0.1, 0.15) is 32.6 Å². The fraction of sp³-hybridized carbons (Fsp3) is 0.909. The van der Waals surface area contributed by atoms with Gasteiger partial charge in [-0.25, -0.2) is 0 Å². The summed E-state index contributed by atoms with van der Waals surface area (Å²) in [7, 11) is -2.06. The first kappa shape index (κ1) is 15.4. The smallest absolute Gasteiger partial charge is 0.304 e. The van der Waals surface area contributed by atoms with Crippen molar-refractivity contribution in [3.05, 3.63) is 0 Å². The molecule has 1 unspecified atom stereocenters. The Kier molecular flexibility index (Phi) is 5.55. The summed E-state index contributed by atoms with van der Waals surface area (Å²) in [6, 6.07) is 0. The highest BCUT2D eigenvalue weighted by Gasteiger charge is 2.31. The lowest BCUT2D eigenvalue weighted by Crippen LogP contribution is -2.47. The van der Waals surface area contributed by atoms with Crippen LogP contribution >= 0.6 is 0 Å². The molecule has 1 aliphatic rings. The molecule has 1 N–H and O–H groups in total. The topological polar surface area (TPSA) is 77.9 Å². The van der Waals surface area contributed by atoms with Crippen LogP contribution in [0.25, 0.3) is 0 Å². The number of hydrogen-bond acceptors (Lipinski definition) is 3. The SMILES string of the molecule is CCC1CCCN(S(=O)(=O)N(C)CCC(=O)O)C1. The van der Waals surface area contributed by atoms with Gasteiger partial charge in [0.2, 0.25) is 0 Å². The Hall–Kier alpha value is -0.660. The van der Waals surface area contributed by atoms with Gasteiger partial charge in [-0.1, -0.05) is 13.3 Å². The summed E-state index contributed by atoms with van der Waals surface area (Å²) in [5.74, 6) is -0.566. The average Bonchev–Trinajstić information content (AvgIpc) is 2.35. The van der Waals surface area contributed by atoms with E-state index < -0.39 is 16.2 Å². The first-order chi connectivity index (χ1) is 8.37. The molecule has 106 valence electrons. The first-order valence-corrected chi connectivity index (χ1v) is 7.70. The second-order valence-corrected chi connectivity index (χ2v) is 6.78. The zero-order chi connectivity index (χ0) is 13.8. The Morgan fingerprint density at radius 1 is 1.50 bits per heavy atom. The van der Waals surface area contributed by atoms with Gasteiger partial charge in [-0.3, -0.25) is 4.79 Å². The number of rotatable bonds is 6. The van der Waals surface area contributed by atoms with Gasteiger partial charge in [0.25, 0.3) is 10.2 Å². The highest BCUT2D eigenvalue weighted by atomic mass is 32.2. The van der Waals surface area contributed by atoms with E-state index in [2.05, 4.69) is 6.92 Å². The van der Waals surface area contributed by atoms with Crippen molar-refractivity contribution in [1.82, 2.24) is 8.61 Å². The maximum atomic E-state index is 12.2. The summed E-state index contributed by atoms with van der Waals surface area (Å²) in [6.45, 7) is 3.17. The molecule has 1 atom stereocenters. The van der Waals surface area contributed by atoms with Crippen molar-refractivity contribution in [3.63, 3.8) is 0 Å². The maximum absolute atomic E-state index is 12.2. The van der Waals surface area contributed by atoms with Crippen LogP contribution in [0, 0.1) is 5.92 Å². The molecular formula is C11H22N2O4S. The molecule has 1 heterocycles. The Morgan fingerprint density at radius 2 is 2.17 bits per heavy atom. The predicted octanol–water partition coefficient (Wildman–Crippen LogP) is 0.760. The average molecular weight is 278 g/mol. The molecular weight excluding hydrogens is 256 g/mol. The third kappa shape index (κ3) is 3.93. The van der Waals surface area contributed by atoms with E-state index in [1.54, 1.807) is 0 Å². The van der Waals surface area contributed by atoms with Gasteiger partial charge in [-0.15, -0.1) is 0 Å². The molecule has 0 spiro atoms. The van der Waals surface area contributed by atoms with Gasteiger partial charge in [0.15, 0.2) is 0 Å². The summed E-state index contributed by atoms with van der Waals surface area (Å²) in [6.07, 6.45) is 2.76. The molecule has 1 saturated heterocycles. The lowest BCUT2D eigenvalue weighted by molar-refractivity contribution is -0.137. The molecule has 0 saturated carbocycles. The van der Waals surface area contributed by atoms with Gasteiger partial charge in [0.1, 0.15) is 0 Å². The summed E-state index contributed by atoms with van der Waals surface area (Å²) in [5, 5.41) is 8.58. The van der Waals surface area contributed by atoms with Gasteiger partial charge < -0.3 is 5.11 Å². The highest BCUT2D eigenvalue weighted by Crippen LogP contribution is 2.22. The third-order valence-corrected chi connectivity index (χ3v) is 5.37. The Labute approximate surface area is 109 Å². The van der Waals surface area contributed by atoms with E-state index in [1.807, 2.05) is 0 Å². The molecule has 0 aromatic heterocycles. The van der Waals surface area contributed by atoms with Gasteiger partial charge >= 0.3 is 5.97 Å². The van der Waals surface area contributed by atoms with Crippen molar-refractivity contribution >= 4 is 16.2 Å². The highest BCUT2D eigenvalue weighted by molar-refractivity contribution is 7.86. The molecule has 0 aromatic rings. The maximum Gasteiger partial charge on any atom is 0.304 e. The molecule has 7 heteroatoms. The second kappa shape index (κ2) is 6.49. The fourth-order valence-electron chi connectivity index (χ4n) is 2.14.